The van der Waals surface area contributed by atoms with Crippen LogP contribution in [0.1, 0.15) is 171 Å². The van der Waals surface area contributed by atoms with Crippen molar-refractivity contribution < 1.29 is 38.1 Å². The summed E-state index contributed by atoms with van der Waals surface area (Å²) in [6.45, 7) is 24.6. The molecule has 79 heavy (non-hydrogen) atoms. The number of para-hydroxylation sites is 2. The lowest BCUT2D eigenvalue weighted by Gasteiger charge is -2.32. The summed E-state index contributed by atoms with van der Waals surface area (Å²) in [5.41, 5.74) is 7.41. The van der Waals surface area contributed by atoms with Crippen LogP contribution in [0.4, 0.5) is 0 Å². The maximum atomic E-state index is 8.25. The average molecular weight is 1200 g/mol. The van der Waals surface area contributed by atoms with E-state index in [2.05, 4.69) is 196 Å². The number of fused-ring (bicyclic) bond motifs is 4. The van der Waals surface area contributed by atoms with Crippen LogP contribution in [-0.4, -0.2) is 80.4 Å². The highest BCUT2D eigenvalue weighted by Gasteiger charge is 2.64. The van der Waals surface area contributed by atoms with Gasteiger partial charge >= 0.3 is 21.1 Å². The molecule has 0 spiro atoms. The Hall–Kier alpha value is -3.73. The molecule has 2 aromatic heterocycles. The number of allylic oxidation sites excluding steroid dienone is 2. The van der Waals surface area contributed by atoms with Crippen molar-refractivity contribution in [3.63, 3.8) is 0 Å². The third-order valence-electron chi connectivity index (χ3n) is 17.1. The van der Waals surface area contributed by atoms with Gasteiger partial charge in [-0.3, -0.25) is 0 Å². The van der Waals surface area contributed by atoms with Gasteiger partial charge in [0.1, 0.15) is 0 Å². The van der Waals surface area contributed by atoms with Crippen LogP contribution in [0.15, 0.2) is 126 Å². The van der Waals surface area contributed by atoms with Gasteiger partial charge in [0.25, 0.3) is 0 Å². The maximum absolute atomic E-state index is 8.25. The zero-order chi connectivity index (χ0) is 55.3. The van der Waals surface area contributed by atoms with Crippen LogP contribution in [-0.2, 0) is 40.8 Å². The SMILES string of the molecule is BrC1=CCc2ccccc21.Brc1cn(C2CC2)c2ccccc12.C.C.C1=Cc2ccccc2C1.CC1(C)OB(B2OC(C)(C)C(C)(C)O2)OC1(C)C.CC1(C)OB(c2cn(C3CC3)c3ccccc23)OC1(C)C.OC(O)C1CC1. The summed E-state index contributed by atoms with van der Waals surface area (Å²) in [5.74, 6) is 0.213. The van der Waals surface area contributed by atoms with Crippen molar-refractivity contribution in [1.29, 1.82) is 0 Å². The summed E-state index contributed by atoms with van der Waals surface area (Å²) in [6, 6.07) is 35.5. The van der Waals surface area contributed by atoms with E-state index >= 15 is 0 Å². The van der Waals surface area contributed by atoms with Gasteiger partial charge in [0.15, 0.2) is 6.29 Å². The highest BCUT2D eigenvalue weighted by Crippen LogP contribution is 2.44. The minimum atomic E-state index is -1.04. The van der Waals surface area contributed by atoms with Crippen LogP contribution in [0.3, 0.4) is 0 Å². The molecule has 4 aromatic carbocycles. The largest absolute Gasteiger partial charge is 0.497 e. The minimum absolute atomic E-state index is 0. The third-order valence-corrected chi connectivity index (χ3v) is 18.5. The zero-order valence-electron chi connectivity index (χ0n) is 47.3. The first-order chi connectivity index (χ1) is 36.3. The van der Waals surface area contributed by atoms with E-state index in [4.69, 9.17) is 38.1 Å². The second kappa shape index (κ2) is 24.6. The summed E-state index contributed by atoms with van der Waals surface area (Å²) in [5, 5.41) is 19.1. The monoisotopic (exact) mass is 1200 g/mol. The lowest BCUT2D eigenvalue weighted by molar-refractivity contribution is -0.0563. The van der Waals surface area contributed by atoms with E-state index in [1.165, 1.54) is 78.7 Å². The van der Waals surface area contributed by atoms with Gasteiger partial charge in [-0.05, 0) is 190 Å². The molecule has 6 aromatic rings. The summed E-state index contributed by atoms with van der Waals surface area (Å²) in [6.07, 6.45) is 19.4. The molecule has 424 valence electrons. The van der Waals surface area contributed by atoms with Gasteiger partial charge in [0.2, 0.25) is 0 Å². The Morgan fingerprint density at radius 1 is 0.506 bits per heavy atom. The lowest BCUT2D eigenvalue weighted by atomic mass is 9.49. The van der Waals surface area contributed by atoms with E-state index in [0.29, 0.717) is 6.04 Å². The summed E-state index contributed by atoms with van der Waals surface area (Å²) in [7, 11) is -1.23. The van der Waals surface area contributed by atoms with Crippen molar-refractivity contribution in [1.82, 2.24) is 9.13 Å². The van der Waals surface area contributed by atoms with Crippen molar-refractivity contribution >= 4 is 90.8 Å². The fourth-order valence-electron chi connectivity index (χ4n) is 9.69. The first-order valence-electron chi connectivity index (χ1n) is 27.7. The topological polar surface area (TPSA) is 106 Å². The molecule has 5 aliphatic carbocycles. The first kappa shape index (κ1) is 62.9. The van der Waals surface area contributed by atoms with Crippen LogP contribution in [0.25, 0.3) is 32.4 Å². The second-order valence-corrected chi connectivity index (χ2v) is 26.4. The van der Waals surface area contributed by atoms with Crippen LogP contribution >= 0.6 is 31.9 Å². The van der Waals surface area contributed by atoms with Crippen molar-refractivity contribution in [2.75, 3.05) is 0 Å². The molecule has 10 nitrogen and oxygen atoms in total. The standard InChI is InChI=1S/C17H22BNO2.C12H24B2O4.C11H10BrN.C9H7Br.C9H8.C4H8O2.2CH4/c1-16(2)17(3,4)21-18(20-16)14-11-19(12-9-10-12)15-8-6-5-7-13(14)15;1-9(2)10(3,4)16-13(15-9)14-17-11(5,6)12(7,8)18-14;12-10-7-13(8-5-6-8)11-4-2-1-3-9(10)11;10-9-6-5-7-3-1-2-4-8(7)9;1-2-5-9-7-3-6-8(9)4-1;5-4(6)3-1-2-3;;/h5-8,11-12H,9-10H2,1-4H3;1-8H3;1-4,7-8H,5-6H2;1-4,6H,5H2;1-6H,7H2;3-6H,1-2H2;2*1H4. The van der Waals surface area contributed by atoms with Gasteiger partial charge in [-0.15, -0.1) is 0 Å². The van der Waals surface area contributed by atoms with Crippen LogP contribution in [0, 0.1) is 5.92 Å². The van der Waals surface area contributed by atoms with Gasteiger partial charge in [-0.1, -0.05) is 134 Å². The molecule has 3 aliphatic heterocycles. The van der Waals surface area contributed by atoms with Crippen molar-refractivity contribution in [3.8, 4) is 0 Å². The third kappa shape index (κ3) is 14.2. The van der Waals surface area contributed by atoms with Crippen LogP contribution in [0.2, 0.25) is 0 Å². The lowest BCUT2D eigenvalue weighted by Crippen LogP contribution is -2.41. The van der Waals surface area contributed by atoms with E-state index in [9.17, 15) is 0 Å². The number of rotatable bonds is 5. The maximum Gasteiger partial charge on any atom is 0.497 e. The van der Waals surface area contributed by atoms with Gasteiger partial charge in [0, 0.05) is 61.2 Å². The molecular formula is C64H87B3Br2N2O8. The molecular weight excluding hydrogens is 1120 g/mol. The number of hydrogen-bond acceptors (Lipinski definition) is 8. The van der Waals surface area contributed by atoms with E-state index in [1.807, 2.05) is 55.4 Å². The molecule has 14 rings (SSSR count). The Balaban J connectivity index is 0.000000142. The molecule has 15 heteroatoms. The Morgan fingerprint density at radius 2 is 0.937 bits per heavy atom. The number of aromatic nitrogens is 2. The van der Waals surface area contributed by atoms with Crippen molar-refractivity contribution in [2.24, 2.45) is 5.92 Å². The molecule has 3 saturated carbocycles. The zero-order valence-corrected chi connectivity index (χ0v) is 50.5. The quantitative estimate of drug-likeness (QED) is 0.130. The van der Waals surface area contributed by atoms with Gasteiger partial charge in [-0.25, -0.2) is 0 Å². The normalized spacial score (nSPS) is 21.5. The van der Waals surface area contributed by atoms with E-state index < -0.39 is 20.3 Å². The van der Waals surface area contributed by atoms with Crippen LogP contribution < -0.4 is 5.46 Å². The predicted octanol–water partition coefficient (Wildman–Crippen LogP) is 15.5. The Morgan fingerprint density at radius 3 is 1.41 bits per heavy atom. The Labute approximate surface area is 490 Å². The summed E-state index contributed by atoms with van der Waals surface area (Å²) < 4.78 is 43.6. The Bertz CT molecular complexity index is 3010. The molecule has 0 atom stereocenters. The van der Waals surface area contributed by atoms with E-state index in [0.717, 1.165) is 37.2 Å². The van der Waals surface area contributed by atoms with Crippen LogP contribution in [0.5, 0.6) is 0 Å². The molecule has 8 aliphatic rings. The number of halogens is 2. The molecule has 3 saturated heterocycles. The minimum Gasteiger partial charge on any atom is -0.405 e. The fraction of sp³-hybridized carbons (Fsp3) is 0.500. The van der Waals surface area contributed by atoms with E-state index in [-0.39, 0.29) is 61.5 Å². The molecule has 5 heterocycles. The number of nitrogens with zero attached hydrogens (tertiary/aromatic N) is 2. The smallest absolute Gasteiger partial charge is 0.405 e. The Kier molecular flexibility index (Phi) is 19.6. The molecule has 0 radical (unpaired) electrons. The van der Waals surface area contributed by atoms with Crippen molar-refractivity contribution in [2.45, 2.75) is 201 Å². The first-order valence-corrected chi connectivity index (χ1v) is 29.3. The number of aliphatic hydroxyl groups is 2. The number of hydrogen-bond donors (Lipinski definition) is 2. The van der Waals surface area contributed by atoms with Gasteiger partial charge in [0.05, 0.1) is 33.6 Å². The number of aliphatic hydroxyl groups excluding tert-OH is 1. The second-order valence-electron chi connectivity index (χ2n) is 24.7. The molecule has 2 N–H and O–H groups in total. The summed E-state index contributed by atoms with van der Waals surface area (Å²) >= 11 is 7.09. The molecule has 0 unspecified atom stereocenters. The highest BCUT2D eigenvalue weighted by atomic mass is 79.9. The molecule has 0 amide bonds. The van der Waals surface area contributed by atoms with Gasteiger partial charge in [-0.2, -0.15) is 0 Å². The number of benzene rings is 4. The fourth-order valence-corrected chi connectivity index (χ4v) is 10.8. The molecule has 0 bridgehead atoms. The average Bonchev–Trinajstić information content (AvgIpc) is 4.47. The summed E-state index contributed by atoms with van der Waals surface area (Å²) in [4.78, 5) is 0. The predicted molar refractivity (Wildman–Crippen MR) is 337 cm³/mol. The van der Waals surface area contributed by atoms with Gasteiger partial charge < -0.3 is 47.3 Å². The molecule has 6 fully saturated rings. The van der Waals surface area contributed by atoms with Crippen molar-refractivity contribution in [3.05, 3.63) is 148 Å². The highest BCUT2D eigenvalue weighted by molar-refractivity contribution is 9.15. The van der Waals surface area contributed by atoms with E-state index in [1.54, 1.807) is 0 Å².